The van der Waals surface area contributed by atoms with Gasteiger partial charge in [-0.15, -0.1) is 0 Å². The summed E-state index contributed by atoms with van der Waals surface area (Å²) in [7, 11) is 3.62. The minimum atomic E-state index is 0.319. The Morgan fingerprint density at radius 2 is 2.06 bits per heavy atom. The normalized spacial score (nSPS) is 12.2. The molecular formula is C15H18N2O. The summed E-state index contributed by atoms with van der Waals surface area (Å²) in [6, 6.07) is 12.5. The molecule has 2 aromatic rings. The lowest BCUT2D eigenvalue weighted by molar-refractivity contribution is 0.415. The molecule has 94 valence electrons. The second-order valence-corrected chi connectivity index (χ2v) is 4.19. The molecule has 3 nitrogen and oxygen atoms in total. The number of aromatic nitrogens is 1. The summed E-state index contributed by atoms with van der Waals surface area (Å²) in [5.41, 5.74) is 3.19. The topological polar surface area (TPSA) is 34.2 Å². The third-order valence-electron chi connectivity index (χ3n) is 3.08. The van der Waals surface area contributed by atoms with E-state index < -0.39 is 0 Å². The Bertz CT molecular complexity index is 525. The van der Waals surface area contributed by atoms with Crippen molar-refractivity contribution in [3.8, 4) is 17.0 Å². The average molecular weight is 242 g/mol. The number of methoxy groups -OCH3 is 1. The van der Waals surface area contributed by atoms with Gasteiger partial charge in [-0.25, -0.2) is 0 Å². The minimum absolute atomic E-state index is 0.319. The van der Waals surface area contributed by atoms with E-state index in [1.807, 2.05) is 25.2 Å². The SMILES string of the molecule is CNC(C)c1cccc(-c2ncccc2OC)c1. The van der Waals surface area contributed by atoms with Crippen molar-refractivity contribution >= 4 is 0 Å². The highest BCUT2D eigenvalue weighted by Gasteiger charge is 2.09. The monoisotopic (exact) mass is 242 g/mol. The zero-order valence-electron chi connectivity index (χ0n) is 11.0. The molecule has 2 rings (SSSR count). The fourth-order valence-corrected chi connectivity index (χ4v) is 1.89. The Morgan fingerprint density at radius 1 is 1.22 bits per heavy atom. The lowest BCUT2D eigenvalue weighted by atomic mass is 10.0. The average Bonchev–Trinajstić information content (AvgIpc) is 2.46. The van der Waals surface area contributed by atoms with Crippen LogP contribution >= 0.6 is 0 Å². The van der Waals surface area contributed by atoms with Gasteiger partial charge in [-0.1, -0.05) is 18.2 Å². The number of nitrogens with zero attached hydrogens (tertiary/aromatic N) is 1. The van der Waals surface area contributed by atoms with Crippen LogP contribution in [0.2, 0.25) is 0 Å². The number of pyridine rings is 1. The molecule has 0 aliphatic carbocycles. The first-order valence-electron chi connectivity index (χ1n) is 6.03. The van der Waals surface area contributed by atoms with Crippen molar-refractivity contribution < 1.29 is 4.74 Å². The van der Waals surface area contributed by atoms with Crippen LogP contribution in [-0.4, -0.2) is 19.1 Å². The van der Waals surface area contributed by atoms with E-state index in [1.165, 1.54) is 5.56 Å². The predicted molar refractivity (Wildman–Crippen MR) is 73.7 cm³/mol. The van der Waals surface area contributed by atoms with Crippen molar-refractivity contribution in [1.29, 1.82) is 0 Å². The van der Waals surface area contributed by atoms with E-state index in [1.54, 1.807) is 13.3 Å². The van der Waals surface area contributed by atoms with Gasteiger partial charge in [0.2, 0.25) is 0 Å². The molecule has 0 fully saturated rings. The lowest BCUT2D eigenvalue weighted by Crippen LogP contribution is -2.12. The summed E-state index contributed by atoms with van der Waals surface area (Å²) in [5.74, 6) is 0.798. The molecule has 1 aromatic carbocycles. The molecule has 0 aliphatic rings. The first-order chi connectivity index (χ1) is 8.76. The highest BCUT2D eigenvalue weighted by Crippen LogP contribution is 2.28. The van der Waals surface area contributed by atoms with Crippen molar-refractivity contribution in [1.82, 2.24) is 10.3 Å². The maximum absolute atomic E-state index is 5.35. The van der Waals surface area contributed by atoms with E-state index >= 15 is 0 Å². The van der Waals surface area contributed by atoms with Crippen molar-refractivity contribution in [2.75, 3.05) is 14.2 Å². The van der Waals surface area contributed by atoms with E-state index in [9.17, 15) is 0 Å². The van der Waals surface area contributed by atoms with Crippen LogP contribution in [0.5, 0.6) is 5.75 Å². The van der Waals surface area contributed by atoms with Gasteiger partial charge in [0.05, 0.1) is 7.11 Å². The quantitative estimate of drug-likeness (QED) is 0.894. The fourth-order valence-electron chi connectivity index (χ4n) is 1.89. The van der Waals surface area contributed by atoms with Gasteiger partial charge in [-0.3, -0.25) is 4.98 Å². The van der Waals surface area contributed by atoms with Crippen LogP contribution in [0.1, 0.15) is 18.5 Å². The van der Waals surface area contributed by atoms with Crippen LogP contribution in [0, 0.1) is 0 Å². The van der Waals surface area contributed by atoms with Crippen LogP contribution in [0.15, 0.2) is 42.6 Å². The highest BCUT2D eigenvalue weighted by molar-refractivity contribution is 5.66. The number of hydrogen-bond donors (Lipinski definition) is 1. The van der Waals surface area contributed by atoms with Crippen molar-refractivity contribution in [3.63, 3.8) is 0 Å². The summed E-state index contributed by atoms with van der Waals surface area (Å²) < 4.78 is 5.35. The Labute approximate surface area is 108 Å². The Morgan fingerprint density at radius 3 is 2.78 bits per heavy atom. The third kappa shape index (κ3) is 2.51. The molecule has 0 bridgehead atoms. The van der Waals surface area contributed by atoms with Gasteiger partial charge in [0.15, 0.2) is 0 Å². The second kappa shape index (κ2) is 5.65. The van der Waals surface area contributed by atoms with Crippen LogP contribution < -0.4 is 10.1 Å². The van der Waals surface area contributed by atoms with Crippen LogP contribution in [0.3, 0.4) is 0 Å². The van der Waals surface area contributed by atoms with Crippen molar-refractivity contribution in [2.45, 2.75) is 13.0 Å². The molecule has 0 radical (unpaired) electrons. The third-order valence-corrected chi connectivity index (χ3v) is 3.08. The van der Waals surface area contributed by atoms with Gasteiger partial charge >= 0.3 is 0 Å². The number of ether oxygens (including phenoxy) is 1. The molecule has 0 spiro atoms. The summed E-state index contributed by atoms with van der Waals surface area (Å²) >= 11 is 0. The molecule has 0 amide bonds. The Balaban J connectivity index is 2.44. The fraction of sp³-hybridized carbons (Fsp3) is 0.267. The van der Waals surface area contributed by atoms with E-state index in [0.717, 1.165) is 17.0 Å². The number of rotatable bonds is 4. The smallest absolute Gasteiger partial charge is 0.145 e. The summed E-state index contributed by atoms with van der Waals surface area (Å²) in [4.78, 5) is 4.40. The molecule has 1 heterocycles. The van der Waals surface area contributed by atoms with E-state index in [-0.39, 0.29) is 0 Å². The Kier molecular flexibility index (Phi) is 3.95. The zero-order chi connectivity index (χ0) is 13.0. The summed E-state index contributed by atoms with van der Waals surface area (Å²) in [6.45, 7) is 2.13. The molecule has 1 unspecified atom stereocenters. The van der Waals surface area contributed by atoms with E-state index in [2.05, 4.69) is 35.4 Å². The van der Waals surface area contributed by atoms with Crippen LogP contribution in [0.4, 0.5) is 0 Å². The molecule has 3 heteroatoms. The molecule has 1 atom stereocenters. The molecule has 0 saturated heterocycles. The van der Waals surface area contributed by atoms with E-state index in [0.29, 0.717) is 6.04 Å². The highest BCUT2D eigenvalue weighted by atomic mass is 16.5. The lowest BCUT2D eigenvalue weighted by Gasteiger charge is -2.13. The zero-order valence-corrected chi connectivity index (χ0v) is 11.0. The number of benzene rings is 1. The Hall–Kier alpha value is -1.87. The largest absolute Gasteiger partial charge is 0.494 e. The van der Waals surface area contributed by atoms with Gasteiger partial charge < -0.3 is 10.1 Å². The van der Waals surface area contributed by atoms with Gasteiger partial charge in [0.25, 0.3) is 0 Å². The molecular weight excluding hydrogens is 224 g/mol. The summed E-state index contributed by atoms with van der Waals surface area (Å²) in [6.07, 6.45) is 1.78. The van der Waals surface area contributed by atoms with Crippen molar-refractivity contribution in [2.24, 2.45) is 0 Å². The second-order valence-electron chi connectivity index (χ2n) is 4.19. The van der Waals surface area contributed by atoms with Crippen LogP contribution in [0.25, 0.3) is 11.3 Å². The predicted octanol–water partition coefficient (Wildman–Crippen LogP) is 3.04. The minimum Gasteiger partial charge on any atom is -0.494 e. The van der Waals surface area contributed by atoms with Gasteiger partial charge in [0.1, 0.15) is 11.4 Å². The first-order valence-corrected chi connectivity index (χ1v) is 6.03. The molecule has 1 N–H and O–H groups in total. The maximum atomic E-state index is 5.35. The molecule has 1 aromatic heterocycles. The molecule has 0 aliphatic heterocycles. The summed E-state index contributed by atoms with van der Waals surface area (Å²) in [5, 5.41) is 3.24. The van der Waals surface area contributed by atoms with Crippen molar-refractivity contribution in [3.05, 3.63) is 48.2 Å². The van der Waals surface area contributed by atoms with Crippen LogP contribution in [-0.2, 0) is 0 Å². The maximum Gasteiger partial charge on any atom is 0.145 e. The van der Waals surface area contributed by atoms with Gasteiger partial charge in [-0.2, -0.15) is 0 Å². The standard InChI is InChI=1S/C15H18N2O/c1-11(16-2)12-6-4-7-13(10-12)15-14(18-3)8-5-9-17-15/h4-11,16H,1-3H3. The van der Waals surface area contributed by atoms with E-state index in [4.69, 9.17) is 4.74 Å². The first kappa shape index (κ1) is 12.6. The van der Waals surface area contributed by atoms with Gasteiger partial charge in [0, 0.05) is 17.8 Å². The van der Waals surface area contributed by atoms with Gasteiger partial charge in [-0.05, 0) is 37.7 Å². The number of nitrogens with one attached hydrogen (secondary N) is 1. The molecule has 0 saturated carbocycles. The molecule has 18 heavy (non-hydrogen) atoms. The number of hydrogen-bond acceptors (Lipinski definition) is 3.